The van der Waals surface area contributed by atoms with Crippen LogP contribution in [0.4, 0.5) is 5.69 Å². The molecule has 0 unspecified atom stereocenters. The second kappa shape index (κ2) is 5.84. The molecule has 2 rings (SSSR count). The smallest absolute Gasteiger partial charge is 0.0404 e. The van der Waals surface area contributed by atoms with E-state index in [1.165, 1.54) is 11.1 Å². The summed E-state index contributed by atoms with van der Waals surface area (Å²) in [4.78, 5) is 0. The summed E-state index contributed by atoms with van der Waals surface area (Å²) in [6.07, 6.45) is 0. The number of nitrogens with one attached hydrogen (secondary N) is 1. The van der Waals surface area contributed by atoms with Gasteiger partial charge in [-0.3, -0.25) is 0 Å². The number of hydrogen-bond acceptors (Lipinski definition) is 2. The van der Waals surface area contributed by atoms with Crippen LogP contribution in [0, 0.1) is 0 Å². The Morgan fingerprint density at radius 2 is 1.59 bits per heavy atom. The highest BCUT2D eigenvalue weighted by Gasteiger charge is 1.99. The van der Waals surface area contributed by atoms with Gasteiger partial charge in [0.25, 0.3) is 0 Å². The Balaban J connectivity index is 2.04. The minimum absolute atomic E-state index is 0.582. The first-order valence-corrected chi connectivity index (χ1v) is 6.35. The number of anilines is 1. The molecule has 2 aromatic carbocycles. The number of hydrogen-bond donors (Lipinski definition) is 2. The molecule has 0 bridgehead atoms. The predicted octanol–water partition coefficient (Wildman–Crippen LogP) is 3.52. The first kappa shape index (κ1) is 12.1. The molecule has 0 heterocycles. The number of nitrogens with two attached hydrogens (primary N) is 1. The van der Waals surface area contributed by atoms with Crippen LogP contribution in [0.25, 0.3) is 0 Å². The summed E-state index contributed by atoms with van der Waals surface area (Å²) in [5, 5.41) is 3.39. The van der Waals surface area contributed by atoms with Gasteiger partial charge in [-0.25, -0.2) is 0 Å². The SMILES string of the molecule is NCc1ccccc1CNc1ccc(Br)cc1. The van der Waals surface area contributed by atoms with E-state index >= 15 is 0 Å². The van der Waals surface area contributed by atoms with E-state index in [0.29, 0.717) is 6.54 Å². The van der Waals surface area contributed by atoms with Crippen molar-refractivity contribution in [3.05, 3.63) is 64.1 Å². The van der Waals surface area contributed by atoms with E-state index < -0.39 is 0 Å². The summed E-state index contributed by atoms with van der Waals surface area (Å²) in [5.74, 6) is 0. The van der Waals surface area contributed by atoms with Crippen molar-refractivity contribution in [2.75, 3.05) is 5.32 Å². The fourth-order valence-corrected chi connectivity index (χ4v) is 1.96. The Morgan fingerprint density at radius 1 is 0.941 bits per heavy atom. The lowest BCUT2D eigenvalue weighted by Crippen LogP contribution is -2.06. The molecular formula is C14H15BrN2. The molecule has 2 aromatic rings. The van der Waals surface area contributed by atoms with Crippen LogP contribution in [0.2, 0.25) is 0 Å². The van der Waals surface area contributed by atoms with Crippen LogP contribution in [-0.4, -0.2) is 0 Å². The molecule has 0 fully saturated rings. The molecule has 17 heavy (non-hydrogen) atoms. The lowest BCUT2D eigenvalue weighted by molar-refractivity contribution is 1.01. The average Bonchev–Trinajstić information content (AvgIpc) is 2.38. The van der Waals surface area contributed by atoms with Crippen LogP contribution >= 0.6 is 15.9 Å². The van der Waals surface area contributed by atoms with Gasteiger partial charge in [-0.15, -0.1) is 0 Å². The van der Waals surface area contributed by atoms with Crippen LogP contribution in [0.3, 0.4) is 0 Å². The maximum Gasteiger partial charge on any atom is 0.0404 e. The molecule has 3 heteroatoms. The third-order valence-electron chi connectivity index (χ3n) is 2.67. The minimum Gasteiger partial charge on any atom is -0.381 e. The zero-order chi connectivity index (χ0) is 12.1. The molecule has 0 saturated carbocycles. The van der Waals surface area contributed by atoms with Crippen LogP contribution in [0.15, 0.2) is 53.0 Å². The van der Waals surface area contributed by atoms with Crippen molar-refractivity contribution < 1.29 is 0 Å². The van der Waals surface area contributed by atoms with Gasteiger partial charge in [0.2, 0.25) is 0 Å². The molecule has 3 N–H and O–H groups in total. The predicted molar refractivity (Wildman–Crippen MR) is 75.8 cm³/mol. The third kappa shape index (κ3) is 3.32. The van der Waals surface area contributed by atoms with E-state index in [4.69, 9.17) is 5.73 Å². The van der Waals surface area contributed by atoms with Crippen LogP contribution < -0.4 is 11.1 Å². The zero-order valence-corrected chi connectivity index (χ0v) is 11.1. The Labute approximate surface area is 110 Å². The molecule has 88 valence electrons. The fourth-order valence-electron chi connectivity index (χ4n) is 1.69. The van der Waals surface area contributed by atoms with Gasteiger partial charge in [-0.05, 0) is 35.4 Å². The fraction of sp³-hybridized carbons (Fsp3) is 0.143. The quantitative estimate of drug-likeness (QED) is 0.904. The molecule has 0 amide bonds. The van der Waals surface area contributed by atoms with Gasteiger partial charge >= 0.3 is 0 Å². The van der Waals surface area contributed by atoms with E-state index in [2.05, 4.69) is 45.5 Å². The summed E-state index contributed by atoms with van der Waals surface area (Å²) >= 11 is 3.42. The Hall–Kier alpha value is -1.32. The van der Waals surface area contributed by atoms with Crippen LogP contribution in [0.1, 0.15) is 11.1 Å². The van der Waals surface area contributed by atoms with Crippen LogP contribution in [-0.2, 0) is 13.1 Å². The van der Waals surface area contributed by atoms with Gasteiger partial charge in [-0.1, -0.05) is 40.2 Å². The summed E-state index contributed by atoms with van der Waals surface area (Å²) in [7, 11) is 0. The van der Waals surface area contributed by atoms with Crippen molar-refractivity contribution in [1.29, 1.82) is 0 Å². The Bertz CT molecular complexity index is 480. The van der Waals surface area contributed by atoms with Crippen molar-refractivity contribution >= 4 is 21.6 Å². The summed E-state index contributed by atoms with van der Waals surface area (Å²) in [5.41, 5.74) is 9.26. The van der Waals surface area contributed by atoms with E-state index in [1.54, 1.807) is 0 Å². The topological polar surface area (TPSA) is 38.0 Å². The van der Waals surface area contributed by atoms with Gasteiger partial charge in [-0.2, -0.15) is 0 Å². The molecule has 0 saturated heterocycles. The highest BCUT2D eigenvalue weighted by atomic mass is 79.9. The van der Waals surface area contributed by atoms with Gasteiger partial charge < -0.3 is 11.1 Å². The largest absolute Gasteiger partial charge is 0.381 e. The summed E-state index contributed by atoms with van der Waals surface area (Å²) < 4.78 is 1.09. The molecule has 0 spiro atoms. The van der Waals surface area contributed by atoms with Crippen molar-refractivity contribution in [2.24, 2.45) is 5.73 Å². The minimum atomic E-state index is 0.582. The first-order valence-electron chi connectivity index (χ1n) is 5.56. The monoisotopic (exact) mass is 290 g/mol. The van der Waals surface area contributed by atoms with E-state index in [9.17, 15) is 0 Å². The molecule has 0 radical (unpaired) electrons. The summed E-state index contributed by atoms with van der Waals surface area (Å²) in [6, 6.07) is 16.4. The van der Waals surface area contributed by atoms with E-state index in [1.807, 2.05) is 24.3 Å². The van der Waals surface area contributed by atoms with Gasteiger partial charge in [0.05, 0.1) is 0 Å². The van der Waals surface area contributed by atoms with Crippen molar-refractivity contribution in [3.8, 4) is 0 Å². The number of rotatable bonds is 4. The van der Waals surface area contributed by atoms with E-state index in [-0.39, 0.29) is 0 Å². The lowest BCUT2D eigenvalue weighted by Gasteiger charge is -2.10. The third-order valence-corrected chi connectivity index (χ3v) is 3.19. The van der Waals surface area contributed by atoms with Crippen molar-refractivity contribution in [2.45, 2.75) is 13.1 Å². The molecular weight excluding hydrogens is 276 g/mol. The molecule has 0 aliphatic carbocycles. The molecule has 0 aromatic heterocycles. The second-order valence-electron chi connectivity index (χ2n) is 3.83. The second-order valence-corrected chi connectivity index (χ2v) is 4.75. The van der Waals surface area contributed by atoms with Gasteiger partial charge in [0, 0.05) is 23.2 Å². The maximum absolute atomic E-state index is 5.71. The lowest BCUT2D eigenvalue weighted by atomic mass is 10.1. The average molecular weight is 291 g/mol. The van der Waals surface area contributed by atoms with Gasteiger partial charge in [0.15, 0.2) is 0 Å². The maximum atomic E-state index is 5.71. The highest BCUT2D eigenvalue weighted by molar-refractivity contribution is 9.10. The van der Waals surface area contributed by atoms with E-state index in [0.717, 1.165) is 16.7 Å². The first-order chi connectivity index (χ1) is 8.29. The Kier molecular flexibility index (Phi) is 4.18. The standard InChI is InChI=1S/C14H15BrN2/c15-13-5-7-14(8-6-13)17-10-12-4-2-1-3-11(12)9-16/h1-8,17H,9-10,16H2. The Morgan fingerprint density at radius 3 is 2.24 bits per heavy atom. The molecule has 2 nitrogen and oxygen atoms in total. The summed E-state index contributed by atoms with van der Waals surface area (Å²) in [6.45, 7) is 1.38. The van der Waals surface area contributed by atoms with Crippen molar-refractivity contribution in [1.82, 2.24) is 0 Å². The van der Waals surface area contributed by atoms with Crippen LogP contribution in [0.5, 0.6) is 0 Å². The molecule has 0 aliphatic heterocycles. The number of benzene rings is 2. The number of halogens is 1. The molecule has 0 atom stereocenters. The molecule has 0 aliphatic rings. The zero-order valence-electron chi connectivity index (χ0n) is 9.49. The normalized spacial score (nSPS) is 10.2. The van der Waals surface area contributed by atoms with Crippen molar-refractivity contribution in [3.63, 3.8) is 0 Å². The highest BCUT2D eigenvalue weighted by Crippen LogP contribution is 2.16. The van der Waals surface area contributed by atoms with Gasteiger partial charge in [0.1, 0.15) is 0 Å².